The molecule has 0 amide bonds. The molecule has 0 fully saturated rings. The van der Waals surface area contributed by atoms with Crippen LogP contribution in [0.4, 0.5) is 0 Å². The third kappa shape index (κ3) is 6.09. The van der Waals surface area contributed by atoms with Crippen molar-refractivity contribution in [2.75, 3.05) is 6.61 Å². The highest BCUT2D eigenvalue weighted by molar-refractivity contribution is 6.43. The van der Waals surface area contributed by atoms with Crippen LogP contribution in [0.5, 0.6) is 0 Å². The van der Waals surface area contributed by atoms with Crippen LogP contribution >= 0.6 is 0 Å². The number of hydrogen-bond acceptors (Lipinski definition) is 2. The first kappa shape index (κ1) is 8.09. The van der Waals surface area contributed by atoms with Crippen LogP contribution in [-0.4, -0.2) is 26.4 Å². The van der Waals surface area contributed by atoms with E-state index >= 15 is 0 Å². The van der Waals surface area contributed by atoms with Crippen molar-refractivity contribution in [3.05, 3.63) is 12.3 Å². The van der Waals surface area contributed by atoms with E-state index in [1.807, 2.05) is 12.6 Å². The van der Waals surface area contributed by atoms with Gasteiger partial charge < -0.3 is 8.54 Å². The highest BCUT2D eigenvalue weighted by Crippen LogP contribution is 1.70. The third-order valence-corrected chi connectivity index (χ3v) is 3.03. The van der Waals surface area contributed by atoms with Gasteiger partial charge in [0.2, 0.25) is 0 Å². The smallest absolute Gasteiger partial charge is 0.294 e. The quantitative estimate of drug-likeness (QED) is 0.378. The van der Waals surface area contributed by atoms with E-state index in [4.69, 9.17) is 8.54 Å². The largest absolute Gasteiger partial charge is 0.442 e. The fourth-order valence-corrected chi connectivity index (χ4v) is 1.96. The average Bonchev–Trinajstić information content (AvgIpc) is 1.81. The number of rotatable bonds is 5. The van der Waals surface area contributed by atoms with E-state index in [1.165, 1.54) is 0 Å². The van der Waals surface area contributed by atoms with Gasteiger partial charge in [-0.2, -0.15) is 0 Å². The predicted octanol–water partition coefficient (Wildman–Crippen LogP) is -0.734. The molecule has 0 radical (unpaired) electrons. The van der Waals surface area contributed by atoms with Crippen molar-refractivity contribution in [2.24, 2.45) is 0 Å². The Morgan fingerprint density at radius 2 is 2.50 bits per heavy atom. The summed E-state index contributed by atoms with van der Waals surface area (Å²) in [6.45, 7) is 6.33. The molecule has 0 unspecified atom stereocenters. The van der Waals surface area contributed by atoms with Crippen LogP contribution in [0.25, 0.3) is 0 Å². The molecule has 0 heterocycles. The minimum absolute atomic E-state index is 0.398. The Morgan fingerprint density at radius 1 is 1.75 bits per heavy atom. The van der Waals surface area contributed by atoms with E-state index in [9.17, 15) is 0 Å². The summed E-state index contributed by atoms with van der Waals surface area (Å²) in [5.41, 5.74) is 1.87. The van der Waals surface area contributed by atoms with Crippen molar-refractivity contribution >= 4 is 19.8 Å². The molecular formula is C4H12O2Si2. The molecule has 2 nitrogen and oxygen atoms in total. The molecular weight excluding hydrogens is 136 g/mol. The molecule has 0 aliphatic rings. The van der Waals surface area contributed by atoms with Gasteiger partial charge in [0, 0.05) is 6.61 Å². The second-order valence-corrected chi connectivity index (χ2v) is 4.46. The van der Waals surface area contributed by atoms with Gasteiger partial charge in [0.05, 0.1) is 0 Å². The molecule has 0 N–H and O–H groups in total. The van der Waals surface area contributed by atoms with Crippen LogP contribution in [0, 0.1) is 0 Å². The highest BCUT2D eigenvalue weighted by atomic mass is 28.3. The molecule has 0 saturated carbocycles. The fraction of sp³-hybridized carbons (Fsp3) is 0.500. The topological polar surface area (TPSA) is 18.5 Å². The molecule has 0 rings (SSSR count). The van der Waals surface area contributed by atoms with Crippen LogP contribution in [-0.2, 0) is 8.54 Å². The minimum atomic E-state index is -0.609. The van der Waals surface area contributed by atoms with Gasteiger partial charge in [-0.15, -0.1) is 6.58 Å². The van der Waals surface area contributed by atoms with Crippen molar-refractivity contribution in [3.63, 3.8) is 0 Å². The van der Waals surface area contributed by atoms with Crippen molar-refractivity contribution < 1.29 is 8.54 Å². The molecule has 0 saturated heterocycles. The molecule has 0 bridgehead atoms. The van der Waals surface area contributed by atoms with Crippen molar-refractivity contribution in [1.82, 2.24) is 0 Å². The maximum atomic E-state index is 5.16. The Kier molecular flexibility index (Phi) is 7.18. The Hall–Kier alpha value is 0.0938. The predicted molar refractivity (Wildman–Crippen MR) is 40.0 cm³/mol. The lowest BCUT2D eigenvalue weighted by Gasteiger charge is -1.97. The third-order valence-electron chi connectivity index (χ3n) is 0.606. The monoisotopic (exact) mass is 148 g/mol. The molecule has 0 aromatic carbocycles. The first-order valence-electron chi connectivity index (χ1n) is 2.68. The van der Waals surface area contributed by atoms with Gasteiger partial charge in [0.15, 0.2) is 9.76 Å². The van der Waals surface area contributed by atoms with E-state index < -0.39 is 19.8 Å². The van der Waals surface area contributed by atoms with E-state index in [1.54, 1.807) is 0 Å². The van der Waals surface area contributed by atoms with Crippen LogP contribution in [0.2, 0.25) is 0 Å². The first-order valence-corrected chi connectivity index (χ1v) is 5.23. The molecule has 0 spiro atoms. The zero-order valence-corrected chi connectivity index (χ0v) is 8.05. The summed E-state index contributed by atoms with van der Waals surface area (Å²) >= 11 is 0. The molecule has 0 aromatic rings. The van der Waals surface area contributed by atoms with Crippen LogP contribution in [0.15, 0.2) is 12.3 Å². The van der Waals surface area contributed by atoms with Crippen LogP contribution in [0.3, 0.4) is 0 Å². The number of hydrogen-bond donors (Lipinski definition) is 0. The minimum Gasteiger partial charge on any atom is -0.442 e. The van der Waals surface area contributed by atoms with E-state index in [2.05, 4.69) is 6.58 Å². The average molecular weight is 148 g/mol. The summed E-state index contributed by atoms with van der Waals surface area (Å²) in [4.78, 5) is 0. The van der Waals surface area contributed by atoms with Gasteiger partial charge in [-0.05, 0) is 6.92 Å². The molecule has 4 heteroatoms. The van der Waals surface area contributed by atoms with Gasteiger partial charge in [0.25, 0.3) is 10.0 Å². The van der Waals surface area contributed by atoms with Crippen LogP contribution in [0.1, 0.15) is 6.92 Å². The SMILES string of the molecule is C=C[SiH2]O[SiH2]OCC. The molecule has 0 aromatic heterocycles. The van der Waals surface area contributed by atoms with Crippen molar-refractivity contribution in [1.29, 1.82) is 0 Å². The van der Waals surface area contributed by atoms with E-state index in [0.29, 0.717) is 0 Å². The summed E-state index contributed by atoms with van der Waals surface area (Å²) in [6, 6.07) is 0. The summed E-state index contributed by atoms with van der Waals surface area (Å²) < 4.78 is 10.2. The molecule has 0 atom stereocenters. The lowest BCUT2D eigenvalue weighted by Crippen LogP contribution is -2.05. The van der Waals surface area contributed by atoms with Gasteiger partial charge in [-0.25, -0.2) is 0 Å². The maximum Gasteiger partial charge on any atom is 0.294 e. The summed E-state index contributed by atoms with van der Waals surface area (Å²) in [5.74, 6) is 0. The van der Waals surface area contributed by atoms with Gasteiger partial charge in [-0.1, -0.05) is 5.70 Å². The Balaban J connectivity index is 2.62. The van der Waals surface area contributed by atoms with Crippen molar-refractivity contribution in [2.45, 2.75) is 6.92 Å². The van der Waals surface area contributed by atoms with Gasteiger partial charge >= 0.3 is 0 Å². The first-order chi connectivity index (χ1) is 3.91. The Morgan fingerprint density at radius 3 is 3.00 bits per heavy atom. The Labute approximate surface area is 54.9 Å². The van der Waals surface area contributed by atoms with Crippen molar-refractivity contribution in [3.8, 4) is 0 Å². The summed E-state index contributed by atoms with van der Waals surface area (Å²) in [6.07, 6.45) is 0. The summed E-state index contributed by atoms with van der Waals surface area (Å²) in [7, 11) is -1.01. The normalized spacial score (nSPS) is 12.1. The zero-order valence-electron chi connectivity index (χ0n) is 5.22. The molecule has 0 aliphatic carbocycles. The lowest BCUT2D eigenvalue weighted by atomic mass is 10.9. The second-order valence-electron chi connectivity index (χ2n) is 1.27. The maximum absolute atomic E-state index is 5.16. The van der Waals surface area contributed by atoms with Crippen LogP contribution < -0.4 is 0 Å². The fourth-order valence-electron chi connectivity index (χ4n) is 0.274. The highest BCUT2D eigenvalue weighted by Gasteiger charge is 1.81. The lowest BCUT2D eigenvalue weighted by molar-refractivity contribution is 0.313. The van der Waals surface area contributed by atoms with Gasteiger partial charge in [-0.3, -0.25) is 0 Å². The summed E-state index contributed by atoms with van der Waals surface area (Å²) in [5, 5.41) is 0. The van der Waals surface area contributed by atoms with E-state index in [0.717, 1.165) is 6.61 Å². The van der Waals surface area contributed by atoms with E-state index in [-0.39, 0.29) is 0 Å². The second kappa shape index (κ2) is 7.09. The Bertz CT molecular complexity index is 58.0. The van der Waals surface area contributed by atoms with Gasteiger partial charge in [0.1, 0.15) is 0 Å². The standard InChI is InChI=1S/C4H12O2Si2/c1-3-5-8-6-7-4-2/h4H,2-3,7-8H2,1H3. The molecule has 0 aliphatic heterocycles. The molecule has 48 valence electrons. The molecule has 8 heavy (non-hydrogen) atoms. The zero-order chi connectivity index (χ0) is 6.24.